The molecule has 122 valence electrons. The van der Waals surface area contributed by atoms with Crippen LogP contribution in [0.5, 0.6) is 0 Å². The van der Waals surface area contributed by atoms with Crippen molar-refractivity contribution in [2.45, 2.75) is 20.4 Å². The van der Waals surface area contributed by atoms with E-state index in [1.807, 2.05) is 38.1 Å². The zero-order valence-electron chi connectivity index (χ0n) is 13.2. The Labute approximate surface area is 140 Å². The summed E-state index contributed by atoms with van der Waals surface area (Å²) in [6, 6.07) is 7.41. The van der Waals surface area contributed by atoms with Gasteiger partial charge in [0.2, 0.25) is 6.41 Å². The van der Waals surface area contributed by atoms with E-state index in [1.165, 1.54) is 18.1 Å². The Hall–Kier alpha value is -2.54. The van der Waals surface area contributed by atoms with E-state index in [1.54, 1.807) is 0 Å². The number of carbonyl (C=O) groups is 1. The molecule has 7 heteroatoms. The lowest BCUT2D eigenvalue weighted by Crippen LogP contribution is -2.09. The fourth-order valence-electron chi connectivity index (χ4n) is 1.74. The van der Waals surface area contributed by atoms with E-state index in [2.05, 4.69) is 21.3 Å². The number of benzene rings is 1. The van der Waals surface area contributed by atoms with E-state index < -0.39 is 0 Å². The second-order valence-corrected chi connectivity index (χ2v) is 5.63. The number of nitrogens with one attached hydrogen (secondary N) is 1. The number of anilines is 1. The van der Waals surface area contributed by atoms with Crippen molar-refractivity contribution in [2.75, 3.05) is 5.73 Å². The SMILES string of the molecule is C=C1N=C(C)SN=C(C)/C1=C\N.Nc1cccc(CNC=O)c1. The summed E-state index contributed by atoms with van der Waals surface area (Å²) in [5.74, 6) is 0. The van der Waals surface area contributed by atoms with Crippen molar-refractivity contribution in [3.05, 3.63) is 53.9 Å². The first-order chi connectivity index (χ1) is 11.0. The highest BCUT2D eigenvalue weighted by Crippen LogP contribution is 2.20. The third-order valence-electron chi connectivity index (χ3n) is 2.82. The Morgan fingerprint density at radius 2 is 2.13 bits per heavy atom. The number of rotatable bonds is 3. The molecule has 0 bridgehead atoms. The summed E-state index contributed by atoms with van der Waals surface area (Å²) in [5, 5.41) is 3.44. The van der Waals surface area contributed by atoms with E-state index in [9.17, 15) is 4.79 Å². The molecule has 23 heavy (non-hydrogen) atoms. The normalized spacial score (nSPS) is 15.7. The van der Waals surface area contributed by atoms with Crippen molar-refractivity contribution < 1.29 is 4.79 Å². The number of hydrogen-bond acceptors (Lipinski definition) is 6. The molecular formula is C16H21N5OS. The van der Waals surface area contributed by atoms with Crippen LogP contribution in [0.25, 0.3) is 0 Å². The molecule has 1 aliphatic heterocycles. The fourth-order valence-corrected chi connectivity index (χ4v) is 2.26. The zero-order chi connectivity index (χ0) is 17.2. The molecule has 0 unspecified atom stereocenters. The smallest absolute Gasteiger partial charge is 0.207 e. The summed E-state index contributed by atoms with van der Waals surface area (Å²) in [4.78, 5) is 14.1. The molecule has 0 saturated heterocycles. The van der Waals surface area contributed by atoms with Crippen molar-refractivity contribution >= 4 is 34.8 Å². The van der Waals surface area contributed by atoms with Crippen molar-refractivity contribution in [3.63, 3.8) is 0 Å². The highest BCUT2D eigenvalue weighted by atomic mass is 32.2. The molecule has 1 amide bonds. The van der Waals surface area contributed by atoms with Crippen LogP contribution in [0.4, 0.5) is 5.69 Å². The molecule has 0 aliphatic carbocycles. The molecule has 0 fully saturated rings. The number of hydrogen-bond donors (Lipinski definition) is 3. The van der Waals surface area contributed by atoms with Gasteiger partial charge in [0.1, 0.15) is 0 Å². The van der Waals surface area contributed by atoms with Crippen LogP contribution in [0, 0.1) is 0 Å². The average molecular weight is 331 g/mol. The Kier molecular flexibility index (Phi) is 7.62. The Morgan fingerprint density at radius 1 is 1.39 bits per heavy atom. The molecule has 0 aromatic heterocycles. The molecule has 0 atom stereocenters. The lowest BCUT2D eigenvalue weighted by atomic mass is 10.1. The van der Waals surface area contributed by atoms with Crippen LogP contribution in [0.3, 0.4) is 0 Å². The first kappa shape index (κ1) is 18.5. The summed E-state index contributed by atoms with van der Waals surface area (Å²) in [6.07, 6.45) is 2.16. The van der Waals surface area contributed by atoms with Gasteiger partial charge in [-0.3, -0.25) is 4.79 Å². The van der Waals surface area contributed by atoms with Gasteiger partial charge in [-0.1, -0.05) is 18.7 Å². The van der Waals surface area contributed by atoms with Crippen molar-refractivity contribution in [2.24, 2.45) is 15.1 Å². The molecule has 6 nitrogen and oxygen atoms in total. The second kappa shape index (κ2) is 9.47. The van der Waals surface area contributed by atoms with Crippen LogP contribution in [0.15, 0.2) is 57.7 Å². The molecule has 1 aromatic carbocycles. The van der Waals surface area contributed by atoms with Crippen LogP contribution in [0.2, 0.25) is 0 Å². The topological polar surface area (TPSA) is 106 Å². The van der Waals surface area contributed by atoms with Gasteiger partial charge in [0.25, 0.3) is 0 Å². The molecule has 1 aromatic rings. The van der Waals surface area contributed by atoms with Crippen LogP contribution in [-0.2, 0) is 11.3 Å². The third kappa shape index (κ3) is 6.39. The molecule has 0 radical (unpaired) electrons. The van der Waals surface area contributed by atoms with Crippen molar-refractivity contribution in [1.82, 2.24) is 5.32 Å². The van der Waals surface area contributed by atoms with E-state index in [0.29, 0.717) is 18.7 Å². The maximum Gasteiger partial charge on any atom is 0.207 e. The maximum absolute atomic E-state index is 9.92. The van der Waals surface area contributed by atoms with Gasteiger partial charge < -0.3 is 16.8 Å². The molecular weight excluding hydrogens is 310 g/mol. The number of aliphatic imine (C=N–C) groups is 1. The van der Waals surface area contributed by atoms with E-state index in [4.69, 9.17) is 11.5 Å². The van der Waals surface area contributed by atoms with Crippen molar-refractivity contribution in [1.29, 1.82) is 0 Å². The number of nitrogen functional groups attached to an aromatic ring is 1. The van der Waals surface area contributed by atoms with Gasteiger partial charge in [-0.05, 0) is 31.5 Å². The minimum Gasteiger partial charge on any atom is -0.404 e. The molecule has 1 heterocycles. The third-order valence-corrected chi connectivity index (χ3v) is 3.54. The van der Waals surface area contributed by atoms with E-state index in [0.717, 1.165) is 27.6 Å². The monoisotopic (exact) mass is 331 g/mol. The summed E-state index contributed by atoms with van der Waals surface area (Å²) >= 11 is 1.35. The molecule has 5 N–H and O–H groups in total. The first-order valence-corrected chi connectivity index (χ1v) is 7.65. The highest BCUT2D eigenvalue weighted by molar-refractivity contribution is 8.12. The minimum absolute atomic E-state index is 0.536. The maximum atomic E-state index is 9.92. The van der Waals surface area contributed by atoms with Crippen LogP contribution < -0.4 is 16.8 Å². The van der Waals surface area contributed by atoms with E-state index >= 15 is 0 Å². The Morgan fingerprint density at radius 3 is 2.74 bits per heavy atom. The minimum atomic E-state index is 0.536. The highest BCUT2D eigenvalue weighted by Gasteiger charge is 2.09. The second-order valence-electron chi connectivity index (χ2n) is 4.67. The molecule has 2 rings (SSSR count). The number of amides is 1. The number of carbonyl (C=O) groups excluding carboxylic acids is 1. The van der Waals surface area contributed by atoms with Gasteiger partial charge >= 0.3 is 0 Å². The molecule has 0 saturated carbocycles. The fraction of sp³-hybridized carbons (Fsp3) is 0.188. The average Bonchev–Trinajstić information content (AvgIpc) is 2.64. The van der Waals surface area contributed by atoms with Gasteiger partial charge in [0.05, 0.1) is 16.5 Å². The number of nitrogens with zero attached hydrogens (tertiary/aromatic N) is 2. The van der Waals surface area contributed by atoms with Crippen molar-refractivity contribution in [3.8, 4) is 0 Å². The Balaban J connectivity index is 0.000000231. The summed E-state index contributed by atoms with van der Waals surface area (Å²) in [7, 11) is 0. The van der Waals surface area contributed by atoms with Gasteiger partial charge in [-0.2, -0.15) is 0 Å². The number of nitrogens with two attached hydrogens (primary N) is 2. The molecule has 1 aliphatic rings. The standard InChI is InChI=1S/C8H11N3S.C8H10N2O/c1-5-8(4-9)6(2)11-12-7(3)10-5;9-8-3-1-2-7(4-8)5-10-6-11/h4H,1,9H2,2-3H3;1-4,6H,5,9H2,(H,10,11)/b8-4-;. The Bertz CT molecular complexity index is 664. The van der Waals surface area contributed by atoms with Crippen LogP contribution >= 0.6 is 11.9 Å². The first-order valence-electron chi connectivity index (χ1n) is 6.87. The van der Waals surface area contributed by atoms with Gasteiger partial charge in [-0.25, -0.2) is 9.39 Å². The summed E-state index contributed by atoms with van der Waals surface area (Å²) in [6.45, 7) is 8.12. The summed E-state index contributed by atoms with van der Waals surface area (Å²) in [5.41, 5.74) is 15.0. The van der Waals surface area contributed by atoms with Crippen LogP contribution in [0.1, 0.15) is 19.4 Å². The molecule has 0 spiro atoms. The van der Waals surface area contributed by atoms with Crippen LogP contribution in [-0.4, -0.2) is 17.2 Å². The van der Waals surface area contributed by atoms with Gasteiger partial charge in [-0.15, -0.1) is 0 Å². The predicted molar refractivity (Wildman–Crippen MR) is 99.0 cm³/mol. The van der Waals surface area contributed by atoms with Gasteiger partial charge in [0.15, 0.2) is 0 Å². The number of allylic oxidation sites excluding steroid dienone is 1. The predicted octanol–water partition coefficient (Wildman–Crippen LogP) is 2.40. The van der Waals surface area contributed by atoms with Gasteiger partial charge in [0, 0.05) is 36.0 Å². The summed E-state index contributed by atoms with van der Waals surface area (Å²) < 4.78 is 4.20. The van der Waals surface area contributed by atoms with E-state index in [-0.39, 0.29) is 0 Å². The zero-order valence-corrected chi connectivity index (χ0v) is 14.1. The lowest BCUT2D eigenvalue weighted by Gasteiger charge is -2.00. The quantitative estimate of drug-likeness (QED) is 0.449. The largest absolute Gasteiger partial charge is 0.404 e. The lowest BCUT2D eigenvalue weighted by molar-refractivity contribution is -0.109.